The van der Waals surface area contributed by atoms with Crippen LogP contribution in [-0.2, 0) is 0 Å². The van der Waals surface area contributed by atoms with E-state index in [0.29, 0.717) is 24.3 Å². The largest absolute Gasteiger partial charge is 0.477 e. The molecule has 2 aromatic rings. The third-order valence-electron chi connectivity index (χ3n) is 3.68. The summed E-state index contributed by atoms with van der Waals surface area (Å²) in [6, 6.07) is 2.24. The van der Waals surface area contributed by atoms with E-state index in [2.05, 4.69) is 20.0 Å². The van der Waals surface area contributed by atoms with Gasteiger partial charge in [0.2, 0.25) is 5.88 Å². The molecule has 0 spiro atoms. The number of hydrogen-bond donors (Lipinski definition) is 1. The molecule has 0 aromatic carbocycles. The fourth-order valence-electron chi connectivity index (χ4n) is 2.62. The lowest BCUT2D eigenvalue weighted by atomic mass is 10.1. The average molecular weight is 288 g/mol. The van der Waals surface area contributed by atoms with E-state index >= 15 is 0 Å². The summed E-state index contributed by atoms with van der Waals surface area (Å²) < 4.78 is 7.37. The Morgan fingerprint density at radius 2 is 2.14 bits per heavy atom. The first kappa shape index (κ1) is 13.7. The molecule has 7 heteroatoms. The molecule has 2 N–H and O–H groups in total. The van der Waals surface area contributed by atoms with E-state index in [4.69, 9.17) is 10.5 Å². The van der Waals surface area contributed by atoms with Gasteiger partial charge in [0.05, 0.1) is 25.0 Å². The van der Waals surface area contributed by atoms with Crippen molar-refractivity contribution in [3.8, 4) is 5.88 Å². The molecule has 3 heterocycles. The minimum atomic E-state index is 0.404. The summed E-state index contributed by atoms with van der Waals surface area (Å²) in [4.78, 5) is 10.9. The van der Waals surface area contributed by atoms with Gasteiger partial charge >= 0.3 is 0 Å². The van der Waals surface area contributed by atoms with Crippen LogP contribution in [0.2, 0.25) is 0 Å². The molecule has 1 aliphatic heterocycles. The molecule has 7 nitrogen and oxygen atoms in total. The number of piperidine rings is 1. The van der Waals surface area contributed by atoms with Gasteiger partial charge in [0.25, 0.3) is 0 Å². The van der Waals surface area contributed by atoms with E-state index in [1.165, 1.54) is 0 Å². The standard InChI is InChI=1S/C14H20N6O/c1-2-21-14-10-16-9-13(17-14)19-6-3-11(4-7-19)20-8-5-12(15)18-20/h5,8-11H,2-4,6-7H2,1H3,(H2,15,18). The van der Waals surface area contributed by atoms with Gasteiger partial charge in [0, 0.05) is 19.3 Å². The van der Waals surface area contributed by atoms with Crippen molar-refractivity contribution < 1.29 is 4.74 Å². The topological polar surface area (TPSA) is 82.1 Å². The number of aromatic nitrogens is 4. The summed E-state index contributed by atoms with van der Waals surface area (Å²) in [6.07, 6.45) is 7.41. The van der Waals surface area contributed by atoms with E-state index in [-0.39, 0.29) is 0 Å². The fraction of sp³-hybridized carbons (Fsp3) is 0.500. The Bertz CT molecular complexity index is 591. The number of anilines is 2. The van der Waals surface area contributed by atoms with Crippen LogP contribution in [0.25, 0.3) is 0 Å². The monoisotopic (exact) mass is 288 g/mol. The number of nitrogen functional groups attached to an aromatic ring is 1. The highest BCUT2D eigenvalue weighted by atomic mass is 16.5. The predicted octanol–water partition coefficient (Wildman–Crippen LogP) is 1.50. The van der Waals surface area contributed by atoms with Crippen molar-refractivity contribution >= 4 is 11.6 Å². The van der Waals surface area contributed by atoms with Crippen LogP contribution in [0.5, 0.6) is 5.88 Å². The molecule has 1 fully saturated rings. The van der Waals surface area contributed by atoms with E-state index in [9.17, 15) is 0 Å². The van der Waals surface area contributed by atoms with Crippen LogP contribution >= 0.6 is 0 Å². The minimum absolute atomic E-state index is 0.404. The molecule has 0 amide bonds. The first-order valence-electron chi connectivity index (χ1n) is 7.26. The van der Waals surface area contributed by atoms with Crippen LogP contribution in [0.15, 0.2) is 24.7 Å². The van der Waals surface area contributed by atoms with Crippen LogP contribution in [0.4, 0.5) is 11.6 Å². The van der Waals surface area contributed by atoms with Gasteiger partial charge in [-0.05, 0) is 25.8 Å². The zero-order valence-corrected chi connectivity index (χ0v) is 12.1. The lowest BCUT2D eigenvalue weighted by molar-refractivity contribution is 0.324. The summed E-state index contributed by atoms with van der Waals surface area (Å²) >= 11 is 0. The summed E-state index contributed by atoms with van der Waals surface area (Å²) in [5.74, 6) is 2.03. The van der Waals surface area contributed by atoms with Gasteiger partial charge in [-0.25, -0.2) is 0 Å². The van der Waals surface area contributed by atoms with Crippen LogP contribution in [0.3, 0.4) is 0 Å². The maximum Gasteiger partial charge on any atom is 0.234 e. The molecule has 0 radical (unpaired) electrons. The van der Waals surface area contributed by atoms with E-state index in [1.54, 1.807) is 12.4 Å². The molecule has 1 saturated heterocycles. The SMILES string of the molecule is CCOc1cncc(N2CCC(n3ccc(N)n3)CC2)n1. The number of nitrogens with zero attached hydrogens (tertiary/aromatic N) is 5. The Kier molecular flexibility index (Phi) is 3.89. The Morgan fingerprint density at radius 1 is 1.33 bits per heavy atom. The third-order valence-corrected chi connectivity index (χ3v) is 3.68. The number of hydrogen-bond acceptors (Lipinski definition) is 6. The molecular formula is C14H20N6O. The predicted molar refractivity (Wildman–Crippen MR) is 80.3 cm³/mol. The van der Waals surface area contributed by atoms with Crippen molar-refractivity contribution in [2.24, 2.45) is 0 Å². The second-order valence-electron chi connectivity index (χ2n) is 5.09. The van der Waals surface area contributed by atoms with Gasteiger partial charge in [-0.1, -0.05) is 0 Å². The van der Waals surface area contributed by atoms with E-state index in [1.807, 2.05) is 23.9 Å². The Balaban J connectivity index is 1.64. The maximum absolute atomic E-state index is 5.67. The first-order chi connectivity index (χ1) is 10.3. The molecule has 3 rings (SSSR count). The average Bonchev–Trinajstić information content (AvgIpc) is 2.95. The van der Waals surface area contributed by atoms with Gasteiger partial charge < -0.3 is 15.4 Å². The summed E-state index contributed by atoms with van der Waals surface area (Å²) in [7, 11) is 0. The quantitative estimate of drug-likeness (QED) is 0.918. The van der Waals surface area contributed by atoms with Crippen molar-refractivity contribution in [1.82, 2.24) is 19.7 Å². The molecule has 0 bridgehead atoms. The first-order valence-corrected chi connectivity index (χ1v) is 7.26. The van der Waals surface area contributed by atoms with Crippen molar-refractivity contribution in [3.05, 3.63) is 24.7 Å². The van der Waals surface area contributed by atoms with E-state index in [0.717, 1.165) is 31.7 Å². The molecule has 2 aromatic heterocycles. The summed E-state index contributed by atoms with van der Waals surface area (Å²) in [5.41, 5.74) is 5.67. The molecule has 21 heavy (non-hydrogen) atoms. The molecular weight excluding hydrogens is 268 g/mol. The molecule has 0 aliphatic carbocycles. The van der Waals surface area contributed by atoms with Crippen molar-refractivity contribution in [1.29, 1.82) is 0 Å². The Labute approximate surface area is 123 Å². The minimum Gasteiger partial charge on any atom is -0.477 e. The van der Waals surface area contributed by atoms with Crippen LogP contribution in [0.1, 0.15) is 25.8 Å². The molecule has 0 atom stereocenters. The highest BCUT2D eigenvalue weighted by Crippen LogP contribution is 2.25. The zero-order valence-electron chi connectivity index (χ0n) is 12.1. The smallest absolute Gasteiger partial charge is 0.234 e. The molecule has 112 valence electrons. The van der Waals surface area contributed by atoms with Gasteiger partial charge in [-0.2, -0.15) is 10.1 Å². The maximum atomic E-state index is 5.67. The van der Waals surface area contributed by atoms with Crippen molar-refractivity contribution in [2.45, 2.75) is 25.8 Å². The number of rotatable bonds is 4. The molecule has 0 saturated carbocycles. The lowest BCUT2D eigenvalue weighted by Gasteiger charge is -2.32. The van der Waals surface area contributed by atoms with Crippen LogP contribution < -0.4 is 15.4 Å². The van der Waals surface area contributed by atoms with Crippen LogP contribution in [-0.4, -0.2) is 39.4 Å². The second kappa shape index (κ2) is 5.99. The zero-order chi connectivity index (χ0) is 14.7. The third kappa shape index (κ3) is 3.07. The summed E-state index contributed by atoms with van der Waals surface area (Å²) in [5, 5.41) is 4.30. The fourth-order valence-corrected chi connectivity index (χ4v) is 2.62. The lowest BCUT2D eigenvalue weighted by Crippen LogP contribution is -2.35. The summed E-state index contributed by atoms with van der Waals surface area (Å²) in [6.45, 7) is 4.39. The highest BCUT2D eigenvalue weighted by Gasteiger charge is 2.22. The number of nitrogens with two attached hydrogens (primary N) is 1. The van der Waals surface area contributed by atoms with Gasteiger partial charge in [-0.15, -0.1) is 0 Å². The van der Waals surface area contributed by atoms with Gasteiger partial charge in [-0.3, -0.25) is 9.67 Å². The number of ether oxygens (including phenoxy) is 1. The van der Waals surface area contributed by atoms with Crippen LogP contribution in [0, 0.1) is 0 Å². The van der Waals surface area contributed by atoms with Crippen molar-refractivity contribution in [2.75, 3.05) is 30.3 Å². The normalized spacial score (nSPS) is 16.1. The highest BCUT2D eigenvalue weighted by molar-refractivity contribution is 5.38. The van der Waals surface area contributed by atoms with Crippen molar-refractivity contribution in [3.63, 3.8) is 0 Å². The Morgan fingerprint density at radius 3 is 2.81 bits per heavy atom. The Hall–Kier alpha value is -2.31. The molecule has 1 aliphatic rings. The van der Waals surface area contributed by atoms with E-state index < -0.39 is 0 Å². The second-order valence-corrected chi connectivity index (χ2v) is 5.09. The van der Waals surface area contributed by atoms with Gasteiger partial charge in [0.1, 0.15) is 5.82 Å². The molecule has 0 unspecified atom stereocenters. The van der Waals surface area contributed by atoms with Gasteiger partial charge in [0.15, 0.2) is 5.82 Å².